The highest BCUT2D eigenvalue weighted by Gasteiger charge is 2.20. The molecule has 1 amide bonds. The Balaban J connectivity index is 2.15. The van der Waals surface area contributed by atoms with Crippen LogP contribution in [0.5, 0.6) is 0 Å². The number of rotatable bonds is 4. The van der Waals surface area contributed by atoms with Gasteiger partial charge in [0.05, 0.1) is 12.7 Å². The largest absolute Gasteiger partial charge is 0.465 e. The van der Waals surface area contributed by atoms with E-state index < -0.39 is 10.8 Å². The van der Waals surface area contributed by atoms with E-state index in [0.29, 0.717) is 21.8 Å². The van der Waals surface area contributed by atoms with Crippen molar-refractivity contribution < 1.29 is 14.3 Å². The summed E-state index contributed by atoms with van der Waals surface area (Å²) < 4.78 is 4.65. The van der Waals surface area contributed by atoms with Crippen LogP contribution in [0.3, 0.4) is 0 Å². The number of nitrogens with one attached hydrogen (secondary N) is 1. The first-order valence-corrected chi connectivity index (χ1v) is 7.70. The van der Waals surface area contributed by atoms with Crippen molar-refractivity contribution in [2.24, 2.45) is 0 Å². The van der Waals surface area contributed by atoms with Gasteiger partial charge in [-0.2, -0.15) is 0 Å². The van der Waals surface area contributed by atoms with Crippen molar-refractivity contribution in [1.82, 2.24) is 0 Å². The predicted octanol–water partition coefficient (Wildman–Crippen LogP) is 4.20. The lowest BCUT2D eigenvalue weighted by atomic mass is 10.1. The molecule has 0 radical (unpaired) electrons. The third-order valence-corrected chi connectivity index (χ3v) is 4.21. The lowest BCUT2D eigenvalue weighted by Gasteiger charge is -2.13. The number of hydrogen-bond acceptors (Lipinski definition) is 3. The summed E-state index contributed by atoms with van der Waals surface area (Å²) in [5.41, 5.74) is 1.54. The first-order valence-electron chi connectivity index (χ1n) is 6.40. The van der Waals surface area contributed by atoms with Crippen LogP contribution in [0.4, 0.5) is 5.69 Å². The SMILES string of the molecule is COC(=O)c1cccc(NC(=O)C(Br)c2ccccc2Cl)c1. The van der Waals surface area contributed by atoms with Crippen LogP contribution in [0.15, 0.2) is 48.5 Å². The van der Waals surface area contributed by atoms with E-state index in [1.807, 2.05) is 0 Å². The van der Waals surface area contributed by atoms with Gasteiger partial charge in [0, 0.05) is 10.7 Å². The Bertz CT molecular complexity index is 705. The molecule has 0 spiro atoms. The van der Waals surface area contributed by atoms with Crippen LogP contribution in [0.1, 0.15) is 20.7 Å². The topological polar surface area (TPSA) is 55.4 Å². The summed E-state index contributed by atoms with van der Waals surface area (Å²) in [5.74, 6) is -0.743. The van der Waals surface area contributed by atoms with E-state index in [-0.39, 0.29) is 5.91 Å². The number of esters is 1. The standard InChI is InChI=1S/C16H13BrClNO3/c1-22-16(21)10-5-4-6-11(9-10)19-15(20)14(17)12-7-2-3-8-13(12)18/h2-9,14H,1H3,(H,19,20). The molecular weight excluding hydrogens is 370 g/mol. The van der Waals surface area contributed by atoms with Gasteiger partial charge in [-0.05, 0) is 29.8 Å². The first-order chi connectivity index (χ1) is 10.5. The first kappa shape index (κ1) is 16.5. The van der Waals surface area contributed by atoms with Gasteiger partial charge in [-0.15, -0.1) is 0 Å². The van der Waals surface area contributed by atoms with Gasteiger partial charge in [0.1, 0.15) is 4.83 Å². The molecule has 0 aliphatic rings. The second kappa shape index (κ2) is 7.42. The number of benzene rings is 2. The van der Waals surface area contributed by atoms with Gasteiger partial charge in [0.2, 0.25) is 5.91 Å². The van der Waals surface area contributed by atoms with Crippen molar-refractivity contribution in [3.05, 3.63) is 64.7 Å². The third kappa shape index (κ3) is 3.87. The Morgan fingerprint density at radius 3 is 2.59 bits per heavy atom. The van der Waals surface area contributed by atoms with E-state index in [9.17, 15) is 9.59 Å². The second-order valence-corrected chi connectivity index (χ2v) is 5.77. The van der Waals surface area contributed by atoms with Gasteiger partial charge in [0.25, 0.3) is 0 Å². The van der Waals surface area contributed by atoms with E-state index >= 15 is 0 Å². The molecule has 2 aromatic carbocycles. The van der Waals surface area contributed by atoms with Crippen LogP contribution in [-0.4, -0.2) is 19.0 Å². The quantitative estimate of drug-likeness (QED) is 0.637. The number of carbonyl (C=O) groups excluding carboxylic acids is 2. The maximum atomic E-state index is 12.3. The van der Waals surface area contributed by atoms with Crippen molar-refractivity contribution in [1.29, 1.82) is 0 Å². The predicted molar refractivity (Wildman–Crippen MR) is 89.5 cm³/mol. The molecule has 0 heterocycles. The lowest BCUT2D eigenvalue weighted by molar-refractivity contribution is -0.115. The number of alkyl halides is 1. The van der Waals surface area contributed by atoms with E-state index in [1.54, 1.807) is 48.5 Å². The average molecular weight is 383 g/mol. The molecule has 1 atom stereocenters. The Labute approximate surface area is 141 Å². The van der Waals surface area contributed by atoms with Gasteiger partial charge in [-0.1, -0.05) is 51.8 Å². The summed E-state index contributed by atoms with van der Waals surface area (Å²) >= 11 is 9.41. The molecule has 0 aliphatic heterocycles. The maximum absolute atomic E-state index is 12.3. The zero-order valence-corrected chi connectivity index (χ0v) is 14.0. The summed E-state index contributed by atoms with van der Waals surface area (Å²) in [6.07, 6.45) is 0. The molecule has 114 valence electrons. The molecule has 1 N–H and O–H groups in total. The molecular formula is C16H13BrClNO3. The van der Waals surface area contributed by atoms with Crippen LogP contribution in [-0.2, 0) is 9.53 Å². The fraction of sp³-hybridized carbons (Fsp3) is 0.125. The Morgan fingerprint density at radius 1 is 1.18 bits per heavy atom. The van der Waals surface area contributed by atoms with Crippen molar-refractivity contribution >= 4 is 45.1 Å². The highest BCUT2D eigenvalue weighted by atomic mass is 79.9. The molecule has 2 rings (SSSR count). The zero-order valence-electron chi connectivity index (χ0n) is 11.7. The van der Waals surface area contributed by atoms with Crippen LogP contribution >= 0.6 is 27.5 Å². The van der Waals surface area contributed by atoms with Crippen molar-refractivity contribution in [3.8, 4) is 0 Å². The van der Waals surface area contributed by atoms with Gasteiger partial charge < -0.3 is 10.1 Å². The van der Waals surface area contributed by atoms with E-state index in [2.05, 4.69) is 26.0 Å². The van der Waals surface area contributed by atoms with E-state index in [0.717, 1.165) is 0 Å². The molecule has 2 aromatic rings. The number of hydrogen-bond donors (Lipinski definition) is 1. The summed E-state index contributed by atoms with van der Waals surface area (Å²) in [4.78, 5) is 23.2. The molecule has 0 aromatic heterocycles. The van der Waals surface area contributed by atoms with E-state index in [4.69, 9.17) is 11.6 Å². The van der Waals surface area contributed by atoms with Crippen LogP contribution < -0.4 is 5.32 Å². The van der Waals surface area contributed by atoms with Crippen LogP contribution in [0, 0.1) is 0 Å². The molecule has 22 heavy (non-hydrogen) atoms. The van der Waals surface area contributed by atoms with Crippen molar-refractivity contribution in [3.63, 3.8) is 0 Å². The van der Waals surface area contributed by atoms with Gasteiger partial charge in [-0.3, -0.25) is 4.79 Å². The zero-order chi connectivity index (χ0) is 16.1. The Hall–Kier alpha value is -1.85. The molecule has 0 saturated heterocycles. The number of amides is 1. The van der Waals surface area contributed by atoms with Crippen molar-refractivity contribution in [2.45, 2.75) is 4.83 Å². The number of carbonyl (C=O) groups is 2. The van der Waals surface area contributed by atoms with Crippen LogP contribution in [0.2, 0.25) is 5.02 Å². The smallest absolute Gasteiger partial charge is 0.337 e. The highest BCUT2D eigenvalue weighted by molar-refractivity contribution is 9.09. The minimum Gasteiger partial charge on any atom is -0.465 e. The van der Waals surface area contributed by atoms with Gasteiger partial charge in [-0.25, -0.2) is 4.79 Å². The van der Waals surface area contributed by atoms with Crippen molar-refractivity contribution in [2.75, 3.05) is 12.4 Å². The third-order valence-electron chi connectivity index (χ3n) is 2.96. The number of methoxy groups -OCH3 is 1. The fourth-order valence-corrected chi connectivity index (χ4v) is 2.76. The molecule has 1 unspecified atom stereocenters. The minimum atomic E-state index is -0.594. The summed E-state index contributed by atoms with van der Waals surface area (Å²) in [5, 5.41) is 3.24. The Kier molecular flexibility index (Phi) is 5.57. The Morgan fingerprint density at radius 2 is 1.91 bits per heavy atom. The normalized spacial score (nSPS) is 11.6. The average Bonchev–Trinajstić information content (AvgIpc) is 2.54. The number of ether oxygens (including phenoxy) is 1. The fourth-order valence-electron chi connectivity index (χ4n) is 1.87. The monoisotopic (exact) mass is 381 g/mol. The van der Waals surface area contributed by atoms with Gasteiger partial charge in [0.15, 0.2) is 0 Å². The van der Waals surface area contributed by atoms with E-state index in [1.165, 1.54) is 7.11 Å². The molecule has 0 fully saturated rings. The van der Waals surface area contributed by atoms with Crippen LogP contribution in [0.25, 0.3) is 0 Å². The summed E-state index contributed by atoms with van der Waals surface area (Å²) in [6, 6.07) is 13.6. The highest BCUT2D eigenvalue weighted by Crippen LogP contribution is 2.30. The summed E-state index contributed by atoms with van der Waals surface area (Å²) in [6.45, 7) is 0. The molecule has 0 aliphatic carbocycles. The summed E-state index contributed by atoms with van der Waals surface area (Å²) in [7, 11) is 1.31. The molecule has 4 nitrogen and oxygen atoms in total. The molecule has 0 saturated carbocycles. The number of anilines is 1. The molecule has 0 bridgehead atoms. The van der Waals surface area contributed by atoms with Gasteiger partial charge >= 0.3 is 5.97 Å². The minimum absolute atomic E-state index is 0.282. The number of halogens is 2. The lowest BCUT2D eigenvalue weighted by Crippen LogP contribution is -2.17. The maximum Gasteiger partial charge on any atom is 0.337 e. The molecule has 6 heteroatoms. The second-order valence-electron chi connectivity index (χ2n) is 4.45.